The van der Waals surface area contributed by atoms with E-state index >= 15 is 0 Å². The van der Waals surface area contributed by atoms with Crippen LogP contribution in [-0.2, 0) is 4.74 Å². The van der Waals surface area contributed by atoms with E-state index in [2.05, 4.69) is 11.8 Å². The third-order valence-electron chi connectivity index (χ3n) is 2.94. The lowest BCUT2D eigenvalue weighted by Gasteiger charge is -2.16. The molecule has 0 bridgehead atoms. The van der Waals surface area contributed by atoms with Gasteiger partial charge in [-0.15, -0.1) is 0 Å². The molecular weight excluding hydrogens is 300 g/mol. The van der Waals surface area contributed by atoms with Crippen molar-refractivity contribution in [3.63, 3.8) is 0 Å². The van der Waals surface area contributed by atoms with Gasteiger partial charge in [0.05, 0.1) is 45.7 Å². The third-order valence-corrected chi connectivity index (χ3v) is 2.94. The summed E-state index contributed by atoms with van der Waals surface area (Å²) in [7, 11) is 4.39. The lowest BCUT2D eigenvalue weighted by atomic mass is 10.0. The van der Waals surface area contributed by atoms with Crippen molar-refractivity contribution < 1.29 is 28.8 Å². The van der Waals surface area contributed by atoms with Crippen LogP contribution in [0, 0.1) is 11.8 Å². The number of carbonyl (C=O) groups is 1. The summed E-state index contributed by atoms with van der Waals surface area (Å²) >= 11 is 0. The number of hydrogen-bond acceptors (Lipinski definition) is 6. The van der Waals surface area contributed by atoms with Gasteiger partial charge in [-0.05, 0) is 6.42 Å². The quantitative estimate of drug-likeness (QED) is 0.611. The first-order valence-corrected chi connectivity index (χ1v) is 7.24. The topological polar surface area (TPSA) is 74.2 Å². The number of carbonyl (C=O) groups excluding carboxylic acids is 1. The Hall–Kier alpha value is -2.39. The molecule has 126 valence electrons. The van der Waals surface area contributed by atoms with Gasteiger partial charge >= 0.3 is 5.97 Å². The maximum Gasteiger partial charge on any atom is 0.339 e. The Morgan fingerprint density at radius 2 is 1.87 bits per heavy atom. The number of rotatable bonds is 7. The van der Waals surface area contributed by atoms with E-state index in [-0.39, 0.29) is 18.6 Å². The molecule has 6 nitrogen and oxygen atoms in total. The fourth-order valence-corrected chi connectivity index (χ4v) is 1.92. The predicted octanol–water partition coefficient (Wildman–Crippen LogP) is 2.01. The molecule has 0 aliphatic heterocycles. The number of benzene rings is 1. The molecule has 0 aliphatic rings. The number of aliphatic hydroxyl groups excluding tert-OH is 1. The second-order valence-electron chi connectivity index (χ2n) is 4.48. The largest absolute Gasteiger partial charge is 0.493 e. The molecule has 0 atom stereocenters. The lowest BCUT2D eigenvalue weighted by Crippen LogP contribution is -2.10. The summed E-state index contributed by atoms with van der Waals surface area (Å²) in [5.41, 5.74) is 0.582. The Kier molecular flexibility index (Phi) is 7.78. The van der Waals surface area contributed by atoms with E-state index < -0.39 is 5.97 Å². The smallest absolute Gasteiger partial charge is 0.339 e. The molecule has 6 heteroatoms. The summed E-state index contributed by atoms with van der Waals surface area (Å²) in [5, 5.41) is 8.88. The van der Waals surface area contributed by atoms with Crippen molar-refractivity contribution in [2.45, 2.75) is 19.8 Å². The van der Waals surface area contributed by atoms with Crippen LogP contribution in [0.25, 0.3) is 0 Å². The van der Waals surface area contributed by atoms with Crippen molar-refractivity contribution in [2.75, 3.05) is 34.5 Å². The van der Waals surface area contributed by atoms with Gasteiger partial charge in [-0.25, -0.2) is 4.79 Å². The van der Waals surface area contributed by atoms with E-state index in [0.29, 0.717) is 35.8 Å². The van der Waals surface area contributed by atoms with Crippen LogP contribution in [0.2, 0.25) is 0 Å². The van der Waals surface area contributed by atoms with Crippen molar-refractivity contribution >= 4 is 5.97 Å². The van der Waals surface area contributed by atoms with Gasteiger partial charge in [0.25, 0.3) is 0 Å². The fourth-order valence-electron chi connectivity index (χ4n) is 1.92. The molecule has 23 heavy (non-hydrogen) atoms. The third kappa shape index (κ3) is 4.54. The number of hydrogen-bond donors (Lipinski definition) is 1. The molecule has 0 aromatic heterocycles. The molecule has 1 aromatic rings. The Labute approximate surface area is 136 Å². The van der Waals surface area contributed by atoms with Gasteiger partial charge in [-0.1, -0.05) is 18.8 Å². The average molecular weight is 322 g/mol. The van der Waals surface area contributed by atoms with Crippen molar-refractivity contribution in [1.82, 2.24) is 0 Å². The van der Waals surface area contributed by atoms with Crippen LogP contribution in [-0.4, -0.2) is 45.6 Å². The van der Waals surface area contributed by atoms with Gasteiger partial charge in [-0.3, -0.25) is 0 Å². The van der Waals surface area contributed by atoms with E-state index in [0.717, 1.165) is 0 Å². The van der Waals surface area contributed by atoms with Crippen LogP contribution in [0.15, 0.2) is 6.07 Å². The zero-order valence-electron chi connectivity index (χ0n) is 13.9. The number of methoxy groups -OCH3 is 3. The van der Waals surface area contributed by atoms with Crippen LogP contribution >= 0.6 is 0 Å². The first-order chi connectivity index (χ1) is 11.1. The van der Waals surface area contributed by atoms with Gasteiger partial charge in [0.2, 0.25) is 5.75 Å². The molecule has 0 heterocycles. The van der Waals surface area contributed by atoms with Gasteiger partial charge in [0.1, 0.15) is 0 Å². The predicted molar refractivity (Wildman–Crippen MR) is 85.3 cm³/mol. The minimum Gasteiger partial charge on any atom is -0.493 e. The molecule has 0 amide bonds. The van der Waals surface area contributed by atoms with Crippen LogP contribution in [0.3, 0.4) is 0 Å². The minimum atomic E-state index is -0.514. The van der Waals surface area contributed by atoms with Gasteiger partial charge in [0, 0.05) is 12.5 Å². The standard InChI is InChI=1S/C17H22O6/c1-5-10-23-17(19)13-11-14(20-2)16(22-4)15(21-3)12(13)8-6-7-9-18/h11,18H,5,7,9-10H2,1-4H3. The summed E-state index contributed by atoms with van der Waals surface area (Å²) in [4.78, 5) is 12.3. The molecule has 0 fully saturated rings. The molecule has 0 aliphatic carbocycles. The summed E-state index contributed by atoms with van der Waals surface area (Å²) < 4.78 is 21.1. The highest BCUT2D eigenvalue weighted by atomic mass is 16.5. The van der Waals surface area contributed by atoms with Crippen LogP contribution < -0.4 is 14.2 Å². The average Bonchev–Trinajstić information content (AvgIpc) is 2.58. The molecule has 0 saturated carbocycles. The van der Waals surface area contributed by atoms with Crippen molar-refractivity contribution in [3.8, 4) is 29.1 Å². The van der Waals surface area contributed by atoms with Crippen molar-refractivity contribution in [2.24, 2.45) is 0 Å². The normalized spacial score (nSPS) is 9.61. The molecule has 0 unspecified atom stereocenters. The molecule has 0 saturated heterocycles. The molecule has 0 spiro atoms. The molecule has 0 radical (unpaired) electrons. The number of esters is 1. The molecule has 1 aromatic carbocycles. The molecular formula is C17H22O6. The van der Waals surface area contributed by atoms with Crippen LogP contribution in [0.1, 0.15) is 35.7 Å². The zero-order chi connectivity index (χ0) is 17.2. The highest BCUT2D eigenvalue weighted by Gasteiger charge is 2.24. The van der Waals surface area contributed by atoms with E-state index in [9.17, 15) is 4.79 Å². The maximum atomic E-state index is 12.3. The van der Waals surface area contributed by atoms with E-state index in [1.807, 2.05) is 6.92 Å². The van der Waals surface area contributed by atoms with Gasteiger partial charge in [0.15, 0.2) is 11.5 Å². The van der Waals surface area contributed by atoms with E-state index in [1.165, 1.54) is 27.4 Å². The first kappa shape index (κ1) is 18.7. The fraction of sp³-hybridized carbons (Fsp3) is 0.471. The minimum absolute atomic E-state index is 0.0712. The van der Waals surface area contributed by atoms with Crippen molar-refractivity contribution in [3.05, 3.63) is 17.2 Å². The second-order valence-corrected chi connectivity index (χ2v) is 4.48. The summed E-state index contributed by atoms with van der Waals surface area (Å²) in [6.45, 7) is 2.14. The summed E-state index contributed by atoms with van der Waals surface area (Å²) in [5.74, 6) is 6.10. The molecule has 1 rings (SSSR count). The Morgan fingerprint density at radius 3 is 2.39 bits per heavy atom. The van der Waals surface area contributed by atoms with Crippen LogP contribution in [0.5, 0.6) is 17.2 Å². The van der Waals surface area contributed by atoms with E-state index in [1.54, 1.807) is 0 Å². The monoisotopic (exact) mass is 322 g/mol. The zero-order valence-corrected chi connectivity index (χ0v) is 13.9. The Balaban J connectivity index is 3.51. The number of aliphatic hydroxyl groups is 1. The summed E-state index contributed by atoms with van der Waals surface area (Å²) in [6.07, 6.45) is 0.989. The Bertz CT molecular complexity index is 597. The summed E-state index contributed by atoms with van der Waals surface area (Å²) in [6, 6.07) is 1.52. The highest BCUT2D eigenvalue weighted by Crippen LogP contribution is 2.41. The maximum absolute atomic E-state index is 12.3. The molecule has 1 N–H and O–H groups in total. The van der Waals surface area contributed by atoms with Crippen LogP contribution in [0.4, 0.5) is 0 Å². The highest BCUT2D eigenvalue weighted by molar-refractivity contribution is 5.95. The lowest BCUT2D eigenvalue weighted by molar-refractivity contribution is 0.0504. The van der Waals surface area contributed by atoms with Crippen molar-refractivity contribution in [1.29, 1.82) is 0 Å². The van der Waals surface area contributed by atoms with E-state index in [4.69, 9.17) is 24.1 Å². The Morgan fingerprint density at radius 1 is 1.17 bits per heavy atom. The first-order valence-electron chi connectivity index (χ1n) is 7.24. The van der Waals surface area contributed by atoms with Gasteiger partial charge < -0.3 is 24.1 Å². The second kappa shape index (κ2) is 9.59. The SMILES string of the molecule is CCCOC(=O)c1cc(OC)c(OC)c(OC)c1C#CCCO. The number of ether oxygens (including phenoxy) is 4. The van der Waals surface area contributed by atoms with Gasteiger partial charge in [-0.2, -0.15) is 0 Å².